The molecule has 242 valence electrons. The summed E-state index contributed by atoms with van der Waals surface area (Å²) in [4.78, 5) is 44.7. The van der Waals surface area contributed by atoms with Crippen LogP contribution in [0.25, 0.3) is 5.00 Å². The van der Waals surface area contributed by atoms with Gasteiger partial charge in [-0.25, -0.2) is 0 Å². The molecule has 4 aromatic rings. The zero-order chi connectivity index (χ0) is 33.4. The molecule has 1 atom stereocenters. The fourth-order valence-electron chi connectivity index (χ4n) is 5.76. The summed E-state index contributed by atoms with van der Waals surface area (Å²) in [5, 5.41) is 16.6. The number of hydrogen-bond donors (Lipinski definition) is 2. The number of halogens is 2. The summed E-state index contributed by atoms with van der Waals surface area (Å²) in [5.41, 5.74) is 4.08. The number of rotatable bonds is 9. The van der Waals surface area contributed by atoms with Crippen LogP contribution in [0.5, 0.6) is 5.75 Å². The highest BCUT2D eigenvalue weighted by Crippen LogP contribution is 2.39. The van der Waals surface area contributed by atoms with Crippen molar-refractivity contribution in [3.63, 3.8) is 0 Å². The molecule has 1 aliphatic carbocycles. The molecular formula is C34H32Cl2N6O4S. The van der Waals surface area contributed by atoms with Gasteiger partial charge in [-0.1, -0.05) is 35.3 Å². The number of aliphatic imine (C=N–C) groups is 1. The average molecular weight is 692 g/mol. The number of carbonyl (C=O) groups is 3. The molecule has 47 heavy (non-hydrogen) atoms. The number of hydrogen-bond acceptors (Lipinski definition) is 8. The number of benzene rings is 2. The normalized spacial score (nSPS) is 18.4. The van der Waals surface area contributed by atoms with Crippen LogP contribution in [-0.2, 0) is 9.59 Å². The lowest BCUT2D eigenvalue weighted by Crippen LogP contribution is -2.53. The maximum atomic E-state index is 13.4. The van der Waals surface area contributed by atoms with Gasteiger partial charge in [0.15, 0.2) is 11.6 Å². The summed E-state index contributed by atoms with van der Waals surface area (Å²) in [7, 11) is 1.51. The van der Waals surface area contributed by atoms with Crippen LogP contribution in [0.2, 0.25) is 10.0 Å². The third-order valence-corrected chi connectivity index (χ3v) is 10.2. The molecule has 0 spiro atoms. The topological polar surface area (TPSA) is 128 Å². The van der Waals surface area contributed by atoms with E-state index >= 15 is 0 Å². The number of aromatic nitrogens is 3. The second-order valence-electron chi connectivity index (χ2n) is 11.6. The molecular weight excluding hydrogens is 659 g/mol. The Morgan fingerprint density at radius 1 is 1.00 bits per heavy atom. The van der Waals surface area contributed by atoms with Crippen LogP contribution in [0.3, 0.4) is 0 Å². The smallest absolute Gasteiger partial charge is 0.244 e. The van der Waals surface area contributed by atoms with Gasteiger partial charge in [-0.15, -0.1) is 21.5 Å². The van der Waals surface area contributed by atoms with E-state index in [0.717, 1.165) is 33.2 Å². The monoisotopic (exact) mass is 690 g/mol. The Morgan fingerprint density at radius 2 is 1.72 bits per heavy atom. The lowest BCUT2D eigenvalue weighted by Gasteiger charge is -2.36. The van der Waals surface area contributed by atoms with Crippen LogP contribution in [0.1, 0.15) is 68.9 Å². The number of carbonyl (C=O) groups excluding carboxylic acids is 3. The number of amides is 2. The molecule has 2 aromatic carbocycles. The van der Waals surface area contributed by atoms with E-state index < -0.39 is 17.7 Å². The molecule has 2 aliphatic rings. The SMILES string of the molecule is COc1ccc(C(=O)/C=C/C(=O)NC2CC(NC(=O)C[C@@H]3N=C(c4ccc(Cl)cc4)c4c(sc(C)c4C)-n4c(C)nnc43)C2)c(Cl)c1. The maximum absolute atomic E-state index is 13.4. The van der Waals surface area contributed by atoms with E-state index in [0.29, 0.717) is 29.4 Å². The Morgan fingerprint density at radius 3 is 2.43 bits per heavy atom. The highest BCUT2D eigenvalue weighted by Gasteiger charge is 2.35. The van der Waals surface area contributed by atoms with E-state index in [1.54, 1.807) is 29.5 Å². The number of ketones is 1. The van der Waals surface area contributed by atoms with Gasteiger partial charge in [-0.05, 0) is 75.6 Å². The summed E-state index contributed by atoms with van der Waals surface area (Å²) in [6.45, 7) is 6.07. The summed E-state index contributed by atoms with van der Waals surface area (Å²) in [5.74, 6) is 0.911. The standard InChI is InChI=1S/C34H32Cl2N6O4S/c1-17-18(2)47-34-31(17)32(20-5-7-21(35)8-6-20)39-27(33-41-40-19(3)42(33)34)16-30(45)38-23-13-22(14-23)37-29(44)12-11-28(43)25-10-9-24(46-4)15-26(25)36/h5-12,15,22-23,27H,13-14,16H2,1-4H3,(H,37,44)(H,38,45)/b12-11+/t22?,23?,27-/m0/s1. The van der Waals surface area contributed by atoms with Crippen molar-refractivity contribution >= 4 is 57.8 Å². The summed E-state index contributed by atoms with van der Waals surface area (Å²) in [6.07, 6.45) is 3.60. The number of nitrogens with one attached hydrogen (secondary N) is 2. The molecule has 2 amide bonds. The zero-order valence-corrected chi connectivity index (χ0v) is 28.5. The number of allylic oxidation sites excluding steroid dienone is 1. The number of ether oxygens (including phenoxy) is 1. The van der Waals surface area contributed by atoms with Crippen molar-refractivity contribution < 1.29 is 19.1 Å². The Bertz CT molecular complexity index is 1940. The third kappa shape index (κ3) is 6.74. The van der Waals surface area contributed by atoms with Crippen molar-refractivity contribution in [2.75, 3.05) is 7.11 Å². The average Bonchev–Trinajstić information content (AvgIpc) is 3.50. The van der Waals surface area contributed by atoms with Crippen LogP contribution in [0, 0.1) is 20.8 Å². The third-order valence-electron chi connectivity index (χ3n) is 8.41. The second kappa shape index (κ2) is 13.4. The molecule has 6 rings (SSSR count). The fraction of sp³-hybridized carbons (Fsp3) is 0.294. The van der Waals surface area contributed by atoms with Gasteiger partial charge in [0, 0.05) is 44.7 Å². The van der Waals surface area contributed by atoms with Gasteiger partial charge in [0.05, 0.1) is 24.3 Å². The quantitative estimate of drug-likeness (QED) is 0.163. The van der Waals surface area contributed by atoms with Gasteiger partial charge in [0.25, 0.3) is 0 Å². The van der Waals surface area contributed by atoms with Crippen LogP contribution < -0.4 is 15.4 Å². The highest BCUT2D eigenvalue weighted by molar-refractivity contribution is 7.15. The summed E-state index contributed by atoms with van der Waals surface area (Å²) in [6, 6.07) is 11.5. The highest BCUT2D eigenvalue weighted by atomic mass is 35.5. The predicted molar refractivity (Wildman–Crippen MR) is 182 cm³/mol. The lowest BCUT2D eigenvalue weighted by molar-refractivity contribution is -0.123. The number of nitrogens with zero attached hydrogens (tertiary/aromatic N) is 4. The molecule has 0 unspecified atom stereocenters. The first-order valence-corrected chi connectivity index (χ1v) is 16.6. The first-order valence-electron chi connectivity index (χ1n) is 15.0. The fourth-order valence-corrected chi connectivity index (χ4v) is 7.36. The van der Waals surface area contributed by atoms with Crippen molar-refractivity contribution in [3.8, 4) is 10.8 Å². The van der Waals surface area contributed by atoms with Crippen molar-refractivity contribution in [2.45, 2.75) is 58.2 Å². The van der Waals surface area contributed by atoms with Crippen LogP contribution in [0.15, 0.2) is 59.6 Å². The van der Waals surface area contributed by atoms with Gasteiger partial charge in [-0.2, -0.15) is 0 Å². The van der Waals surface area contributed by atoms with Gasteiger partial charge in [-0.3, -0.25) is 23.9 Å². The van der Waals surface area contributed by atoms with Gasteiger partial charge >= 0.3 is 0 Å². The van der Waals surface area contributed by atoms with Crippen molar-refractivity contribution in [1.29, 1.82) is 0 Å². The number of methoxy groups -OCH3 is 1. The van der Waals surface area contributed by atoms with E-state index in [-0.39, 0.29) is 35.0 Å². The molecule has 1 saturated carbocycles. The predicted octanol–water partition coefficient (Wildman–Crippen LogP) is 6.05. The number of aryl methyl sites for hydroxylation is 2. The second-order valence-corrected chi connectivity index (χ2v) is 13.6. The minimum atomic E-state index is -0.571. The summed E-state index contributed by atoms with van der Waals surface area (Å²) >= 11 is 14.0. The van der Waals surface area contributed by atoms with Crippen LogP contribution >= 0.6 is 34.5 Å². The molecule has 10 nitrogen and oxygen atoms in total. The Hall–Kier alpha value is -4.32. The van der Waals surface area contributed by atoms with Crippen LogP contribution in [0.4, 0.5) is 0 Å². The van der Waals surface area contributed by atoms with Crippen molar-refractivity contribution in [2.24, 2.45) is 4.99 Å². The molecule has 0 saturated heterocycles. The molecule has 3 heterocycles. The Kier molecular flexibility index (Phi) is 9.32. The Balaban J connectivity index is 1.10. The molecule has 1 aliphatic heterocycles. The van der Waals surface area contributed by atoms with E-state index in [4.69, 9.17) is 32.9 Å². The summed E-state index contributed by atoms with van der Waals surface area (Å²) < 4.78 is 7.12. The molecule has 2 N–H and O–H groups in total. The molecule has 13 heteroatoms. The van der Waals surface area contributed by atoms with Gasteiger partial charge in [0.2, 0.25) is 11.8 Å². The minimum Gasteiger partial charge on any atom is -0.497 e. The molecule has 1 fully saturated rings. The maximum Gasteiger partial charge on any atom is 0.244 e. The number of thiophene rings is 1. The lowest BCUT2D eigenvalue weighted by atomic mass is 9.86. The first kappa shape index (κ1) is 32.6. The Labute approximate surface area is 285 Å². The van der Waals surface area contributed by atoms with Gasteiger partial charge < -0.3 is 15.4 Å². The molecule has 0 radical (unpaired) electrons. The van der Waals surface area contributed by atoms with Crippen molar-refractivity contribution in [3.05, 3.63) is 103 Å². The largest absolute Gasteiger partial charge is 0.497 e. The first-order chi connectivity index (χ1) is 22.5. The van der Waals surface area contributed by atoms with E-state index in [1.165, 1.54) is 24.1 Å². The minimum absolute atomic E-state index is 0.0779. The van der Waals surface area contributed by atoms with Gasteiger partial charge in [0.1, 0.15) is 22.6 Å². The number of fused-ring (bicyclic) bond motifs is 3. The molecule has 2 aromatic heterocycles. The van der Waals surface area contributed by atoms with Crippen molar-refractivity contribution in [1.82, 2.24) is 25.4 Å². The van der Waals surface area contributed by atoms with E-state index in [1.807, 2.05) is 35.8 Å². The van der Waals surface area contributed by atoms with E-state index in [9.17, 15) is 14.4 Å². The molecule has 0 bridgehead atoms. The van der Waals surface area contributed by atoms with Crippen LogP contribution in [-0.4, -0.2) is 57.3 Å². The zero-order valence-electron chi connectivity index (χ0n) is 26.1. The van der Waals surface area contributed by atoms with E-state index in [2.05, 4.69) is 34.7 Å².